The van der Waals surface area contributed by atoms with Crippen LogP contribution in [0, 0.1) is 29.6 Å². The van der Waals surface area contributed by atoms with Crippen molar-refractivity contribution in [3.05, 3.63) is 12.2 Å². The molecule has 4 fully saturated rings. The van der Waals surface area contributed by atoms with Crippen LogP contribution in [-0.4, -0.2) is 43.8 Å². The number of carbonyl (C=O) groups is 1. The van der Waals surface area contributed by atoms with E-state index in [2.05, 4.69) is 25.0 Å². The van der Waals surface area contributed by atoms with Gasteiger partial charge in [0.25, 0.3) is 0 Å². The van der Waals surface area contributed by atoms with Gasteiger partial charge in [0.2, 0.25) is 0 Å². The maximum Gasteiger partial charge on any atom is 0.158 e. The highest BCUT2D eigenvalue weighted by Crippen LogP contribution is 2.57. The Hall–Kier alpha value is -1.19. The Bertz CT molecular complexity index is 700. The molecule has 0 amide bonds. The van der Waals surface area contributed by atoms with Crippen molar-refractivity contribution in [2.45, 2.75) is 115 Å². The van der Waals surface area contributed by atoms with Gasteiger partial charge in [0.15, 0.2) is 12.6 Å². The fourth-order valence-electron chi connectivity index (χ4n) is 6.18. The summed E-state index contributed by atoms with van der Waals surface area (Å²) in [5.74, 6) is 3.58. The van der Waals surface area contributed by atoms with Crippen LogP contribution in [0.3, 0.4) is 0 Å². The first kappa shape index (κ1) is 24.9. The molecule has 5 nitrogen and oxygen atoms in total. The summed E-state index contributed by atoms with van der Waals surface area (Å²) in [4.78, 5) is 12.4. The number of hydrogen-bond donors (Lipinski definition) is 0. The van der Waals surface area contributed by atoms with Crippen molar-refractivity contribution in [3.63, 3.8) is 0 Å². The molecule has 7 atom stereocenters. The van der Waals surface area contributed by atoms with Crippen molar-refractivity contribution >= 4 is 5.78 Å². The van der Waals surface area contributed by atoms with Crippen molar-refractivity contribution in [1.29, 1.82) is 0 Å². The van der Waals surface area contributed by atoms with E-state index in [0.29, 0.717) is 12.8 Å². The molecule has 0 aromatic rings. The van der Waals surface area contributed by atoms with Crippen LogP contribution in [0.25, 0.3) is 0 Å². The summed E-state index contributed by atoms with van der Waals surface area (Å²) < 4.78 is 24.6. The van der Waals surface area contributed by atoms with E-state index >= 15 is 0 Å². The van der Waals surface area contributed by atoms with Gasteiger partial charge in [-0.25, -0.2) is 0 Å². The highest BCUT2D eigenvalue weighted by atomic mass is 16.7. The van der Waals surface area contributed by atoms with Crippen LogP contribution in [-0.2, 0) is 23.7 Å². The van der Waals surface area contributed by atoms with Gasteiger partial charge in [-0.15, -0.1) is 6.42 Å². The first-order valence-corrected chi connectivity index (χ1v) is 13.4. The molecule has 2 aliphatic heterocycles. The fourth-order valence-corrected chi connectivity index (χ4v) is 6.18. The molecular formula is C28H42O5. The number of unbranched alkanes of at least 4 members (excludes halogenated alkanes) is 2. The van der Waals surface area contributed by atoms with Gasteiger partial charge in [-0.3, -0.25) is 4.79 Å². The van der Waals surface area contributed by atoms with E-state index in [4.69, 9.17) is 25.4 Å². The highest BCUT2D eigenvalue weighted by molar-refractivity contribution is 5.83. The molecule has 0 radical (unpaired) electrons. The normalized spacial score (nSPS) is 37.8. The lowest BCUT2D eigenvalue weighted by molar-refractivity contribution is -0.193. The van der Waals surface area contributed by atoms with E-state index in [1.807, 2.05) is 0 Å². The Balaban J connectivity index is 1.48. The van der Waals surface area contributed by atoms with E-state index in [1.165, 1.54) is 12.8 Å². The predicted molar refractivity (Wildman–Crippen MR) is 127 cm³/mol. The van der Waals surface area contributed by atoms with E-state index in [1.54, 1.807) is 0 Å². The minimum atomic E-state index is -0.379. The molecular weight excluding hydrogens is 416 g/mol. The van der Waals surface area contributed by atoms with Gasteiger partial charge in [0.1, 0.15) is 5.78 Å². The van der Waals surface area contributed by atoms with Gasteiger partial charge in [-0.1, -0.05) is 44.3 Å². The van der Waals surface area contributed by atoms with Gasteiger partial charge in [-0.2, -0.15) is 0 Å². The molecule has 184 valence electrons. The van der Waals surface area contributed by atoms with Crippen LogP contribution in [0.2, 0.25) is 0 Å². The summed E-state index contributed by atoms with van der Waals surface area (Å²) in [6.07, 6.45) is 22.9. The lowest BCUT2D eigenvalue weighted by atomic mass is 9.79. The minimum Gasteiger partial charge on any atom is -0.353 e. The smallest absolute Gasteiger partial charge is 0.158 e. The average molecular weight is 459 g/mol. The number of carbonyl (C=O) groups excluding carboxylic acids is 1. The third-order valence-electron chi connectivity index (χ3n) is 7.99. The van der Waals surface area contributed by atoms with Crippen LogP contribution in [0.4, 0.5) is 0 Å². The monoisotopic (exact) mass is 458 g/mol. The zero-order chi connectivity index (χ0) is 23.1. The van der Waals surface area contributed by atoms with Crippen molar-refractivity contribution in [2.75, 3.05) is 13.2 Å². The lowest BCUT2D eigenvalue weighted by Crippen LogP contribution is -2.31. The van der Waals surface area contributed by atoms with E-state index < -0.39 is 0 Å². The minimum absolute atomic E-state index is 0.0132. The molecule has 4 rings (SSSR count). The zero-order valence-electron chi connectivity index (χ0n) is 20.3. The van der Waals surface area contributed by atoms with Crippen LogP contribution in [0.15, 0.2) is 12.2 Å². The topological polar surface area (TPSA) is 54.0 Å². The first-order chi connectivity index (χ1) is 16.1. The molecule has 0 aromatic carbocycles. The standard InChI is InChI=1S/C28H42O5/c1-3-5-6-11-22(32-26-12-7-9-16-30-26)14-15-23-24-18-21(29)19-28(24,4-2)20-25(23)33-27-13-8-10-17-31-27/h2,14-15,22-27H,3,5-13,16-20H2,1H3/t22?,23-,24-,25-,26?,27?,28-/m1/s1. The maximum atomic E-state index is 12.4. The third kappa shape index (κ3) is 6.28. The lowest BCUT2D eigenvalue weighted by Gasteiger charge is -2.29. The van der Waals surface area contributed by atoms with Crippen LogP contribution in [0.5, 0.6) is 0 Å². The number of Topliss-reactive ketones (excluding diaryl/α,β-unsaturated/α-hetero) is 1. The fraction of sp³-hybridized carbons (Fsp3) is 0.821. The van der Waals surface area contributed by atoms with Crippen LogP contribution in [0.1, 0.15) is 90.4 Å². The van der Waals surface area contributed by atoms with Gasteiger partial charge in [-0.05, 0) is 57.3 Å². The second-order valence-corrected chi connectivity index (χ2v) is 10.4. The Morgan fingerprint density at radius 1 is 1.15 bits per heavy atom. The van der Waals surface area contributed by atoms with Crippen molar-refractivity contribution < 1.29 is 23.7 Å². The van der Waals surface area contributed by atoms with Gasteiger partial charge in [0, 0.05) is 37.4 Å². The molecule has 2 heterocycles. The van der Waals surface area contributed by atoms with E-state index in [9.17, 15) is 4.79 Å². The molecule has 2 aliphatic carbocycles. The van der Waals surface area contributed by atoms with Crippen LogP contribution >= 0.6 is 0 Å². The molecule has 0 bridgehead atoms. The second kappa shape index (κ2) is 12.0. The summed E-state index contributed by atoms with van der Waals surface area (Å²) in [6, 6.07) is 0. The summed E-state index contributed by atoms with van der Waals surface area (Å²) >= 11 is 0. The maximum absolute atomic E-state index is 12.4. The van der Waals surface area contributed by atoms with Crippen molar-refractivity contribution in [2.24, 2.45) is 17.3 Å². The number of rotatable bonds is 10. The number of terminal acetylenes is 1. The molecule has 0 spiro atoms. The zero-order valence-corrected chi connectivity index (χ0v) is 20.3. The summed E-state index contributed by atoms with van der Waals surface area (Å²) in [5, 5.41) is 0. The molecule has 0 N–H and O–H groups in total. The molecule has 3 unspecified atom stereocenters. The van der Waals surface area contributed by atoms with Crippen molar-refractivity contribution in [1.82, 2.24) is 0 Å². The predicted octanol–water partition coefficient (Wildman–Crippen LogP) is 5.57. The largest absolute Gasteiger partial charge is 0.353 e. The van der Waals surface area contributed by atoms with E-state index in [0.717, 1.165) is 71.0 Å². The number of hydrogen-bond acceptors (Lipinski definition) is 5. The molecule has 0 aromatic heterocycles. The Labute approximate surface area is 199 Å². The Morgan fingerprint density at radius 3 is 2.58 bits per heavy atom. The van der Waals surface area contributed by atoms with Crippen molar-refractivity contribution in [3.8, 4) is 12.3 Å². The molecule has 33 heavy (non-hydrogen) atoms. The molecule has 4 aliphatic rings. The second-order valence-electron chi connectivity index (χ2n) is 10.4. The first-order valence-electron chi connectivity index (χ1n) is 13.4. The number of fused-ring (bicyclic) bond motifs is 1. The molecule has 2 saturated heterocycles. The highest BCUT2D eigenvalue weighted by Gasteiger charge is 2.57. The van der Waals surface area contributed by atoms with Gasteiger partial charge in [0.05, 0.1) is 12.2 Å². The quantitative estimate of drug-likeness (QED) is 0.244. The number of ether oxygens (including phenoxy) is 4. The Morgan fingerprint density at radius 2 is 1.91 bits per heavy atom. The molecule has 2 saturated carbocycles. The third-order valence-corrected chi connectivity index (χ3v) is 7.99. The average Bonchev–Trinajstić information content (AvgIpc) is 3.29. The van der Waals surface area contributed by atoms with Gasteiger partial charge >= 0.3 is 0 Å². The SMILES string of the molecule is C#C[C@]12CC(=O)C[C@@H]1[C@@H](C=CC(CCCCC)OC1CCCCO1)[C@H](OC1CCCCO1)C2. The van der Waals surface area contributed by atoms with Crippen LogP contribution < -0.4 is 0 Å². The van der Waals surface area contributed by atoms with Gasteiger partial charge < -0.3 is 18.9 Å². The number of ketones is 1. The Kier molecular flexibility index (Phi) is 9.04. The van der Waals surface area contributed by atoms with E-state index in [-0.39, 0.29) is 47.8 Å². The summed E-state index contributed by atoms with van der Waals surface area (Å²) in [7, 11) is 0. The molecule has 5 heteroatoms. The summed E-state index contributed by atoms with van der Waals surface area (Å²) in [6.45, 7) is 3.76. The summed E-state index contributed by atoms with van der Waals surface area (Å²) in [5.41, 5.74) is -0.379.